The molecule has 15 heavy (non-hydrogen) atoms. The molecule has 1 unspecified atom stereocenters. The molecule has 0 saturated heterocycles. The molecule has 0 saturated carbocycles. The summed E-state index contributed by atoms with van der Waals surface area (Å²) in [5.41, 5.74) is 0.908. The zero-order chi connectivity index (χ0) is 11.3. The molecule has 0 radical (unpaired) electrons. The fourth-order valence-electron chi connectivity index (χ4n) is 1.36. The molecule has 3 nitrogen and oxygen atoms in total. The van der Waals surface area contributed by atoms with Crippen molar-refractivity contribution in [1.29, 1.82) is 5.41 Å². The largest absolute Gasteiger partial charge is 0.478 e. The van der Waals surface area contributed by atoms with Gasteiger partial charge in [0.1, 0.15) is 0 Å². The van der Waals surface area contributed by atoms with Crippen LogP contribution in [0.1, 0.15) is 25.3 Å². The van der Waals surface area contributed by atoms with Gasteiger partial charge in [0.05, 0.1) is 18.6 Å². The number of nitrogens with one attached hydrogen (secondary N) is 1. The first-order chi connectivity index (χ1) is 7.15. The van der Waals surface area contributed by atoms with E-state index >= 15 is 0 Å². The highest BCUT2D eigenvalue weighted by Gasteiger charge is 2.18. The van der Waals surface area contributed by atoms with E-state index in [4.69, 9.17) is 10.1 Å². The predicted octanol–water partition coefficient (Wildman–Crippen LogP) is 2.16. The van der Waals surface area contributed by atoms with E-state index in [0.717, 1.165) is 5.56 Å². The van der Waals surface area contributed by atoms with Gasteiger partial charge in [-0.3, -0.25) is 5.41 Å². The highest BCUT2D eigenvalue weighted by atomic mass is 16.5. The number of hydrogen-bond acceptors (Lipinski definition) is 3. The minimum absolute atomic E-state index is 0.0322. The summed E-state index contributed by atoms with van der Waals surface area (Å²) >= 11 is 0. The first-order valence-corrected chi connectivity index (χ1v) is 5.06. The first-order valence-electron chi connectivity index (χ1n) is 5.06. The highest BCUT2D eigenvalue weighted by Crippen LogP contribution is 2.17. The van der Waals surface area contributed by atoms with Crippen LogP contribution in [-0.4, -0.2) is 23.7 Å². The molecule has 0 heterocycles. The van der Waals surface area contributed by atoms with Crippen molar-refractivity contribution in [1.82, 2.24) is 0 Å². The smallest absolute Gasteiger partial charge is 0.190 e. The van der Waals surface area contributed by atoms with Gasteiger partial charge in [-0.25, -0.2) is 0 Å². The molecule has 0 amide bonds. The van der Waals surface area contributed by atoms with E-state index < -0.39 is 0 Å². The lowest BCUT2D eigenvalue weighted by Crippen LogP contribution is -2.21. The molecule has 0 aromatic heterocycles. The molecule has 2 N–H and O–H groups in total. The third-order valence-corrected chi connectivity index (χ3v) is 2.06. The summed E-state index contributed by atoms with van der Waals surface area (Å²) in [4.78, 5) is 0. The van der Waals surface area contributed by atoms with Gasteiger partial charge >= 0.3 is 0 Å². The predicted molar refractivity (Wildman–Crippen MR) is 60.2 cm³/mol. The molecule has 0 spiro atoms. The molecule has 3 heteroatoms. The second-order valence-electron chi connectivity index (χ2n) is 3.68. The maximum absolute atomic E-state index is 9.24. The molecular weight excluding hydrogens is 190 g/mol. The Morgan fingerprint density at radius 1 is 1.33 bits per heavy atom. The van der Waals surface area contributed by atoms with Crippen LogP contribution in [0.25, 0.3) is 0 Å². The Kier molecular flexibility index (Phi) is 4.31. The molecule has 0 aliphatic rings. The van der Waals surface area contributed by atoms with E-state index in [-0.39, 0.29) is 24.5 Å². The Hall–Kier alpha value is -1.35. The summed E-state index contributed by atoms with van der Waals surface area (Å²) in [5, 5.41) is 17.0. The van der Waals surface area contributed by atoms with Crippen molar-refractivity contribution in [3.63, 3.8) is 0 Å². The van der Waals surface area contributed by atoms with E-state index in [0.29, 0.717) is 0 Å². The minimum atomic E-state index is -0.353. The highest BCUT2D eigenvalue weighted by molar-refractivity contribution is 5.81. The van der Waals surface area contributed by atoms with Crippen molar-refractivity contribution in [3.8, 4) is 0 Å². The lowest BCUT2D eigenvalue weighted by atomic mass is 10.00. The average molecular weight is 207 g/mol. The quantitative estimate of drug-likeness (QED) is 0.587. The summed E-state index contributed by atoms with van der Waals surface area (Å²) in [7, 11) is 0. The van der Waals surface area contributed by atoms with Gasteiger partial charge in [0.15, 0.2) is 5.90 Å². The number of benzene rings is 1. The fraction of sp³-hybridized carbons (Fsp3) is 0.417. The van der Waals surface area contributed by atoms with Crippen LogP contribution in [0.15, 0.2) is 30.3 Å². The number of hydrogen-bond donors (Lipinski definition) is 2. The van der Waals surface area contributed by atoms with E-state index in [9.17, 15) is 5.11 Å². The molecule has 0 aliphatic carbocycles. The maximum Gasteiger partial charge on any atom is 0.190 e. The molecule has 82 valence electrons. The topological polar surface area (TPSA) is 53.3 Å². The molecule has 0 bridgehead atoms. The van der Waals surface area contributed by atoms with Crippen LogP contribution in [0.2, 0.25) is 0 Å². The zero-order valence-electron chi connectivity index (χ0n) is 9.10. The second kappa shape index (κ2) is 5.51. The van der Waals surface area contributed by atoms with Crippen molar-refractivity contribution < 1.29 is 9.84 Å². The van der Waals surface area contributed by atoms with Crippen LogP contribution in [-0.2, 0) is 4.74 Å². The van der Waals surface area contributed by atoms with Crippen molar-refractivity contribution in [2.75, 3.05) is 6.61 Å². The number of ether oxygens (including phenoxy) is 1. The van der Waals surface area contributed by atoms with Gasteiger partial charge in [0.25, 0.3) is 0 Å². The van der Waals surface area contributed by atoms with Crippen LogP contribution >= 0.6 is 0 Å². The van der Waals surface area contributed by atoms with Crippen molar-refractivity contribution in [3.05, 3.63) is 35.9 Å². The van der Waals surface area contributed by atoms with Crippen LogP contribution in [0, 0.1) is 5.41 Å². The Labute approximate surface area is 90.2 Å². The normalized spacial score (nSPS) is 12.5. The molecule has 0 aliphatic heterocycles. The third-order valence-electron chi connectivity index (χ3n) is 2.06. The van der Waals surface area contributed by atoms with Crippen molar-refractivity contribution in [2.45, 2.75) is 25.9 Å². The van der Waals surface area contributed by atoms with Gasteiger partial charge in [-0.2, -0.15) is 0 Å². The number of rotatable bonds is 4. The Bertz CT molecular complexity index is 309. The van der Waals surface area contributed by atoms with Crippen LogP contribution in [0.3, 0.4) is 0 Å². The second-order valence-corrected chi connectivity index (χ2v) is 3.68. The lowest BCUT2D eigenvalue weighted by Gasteiger charge is -2.18. The molecule has 1 atom stereocenters. The number of aliphatic hydroxyl groups is 1. The van der Waals surface area contributed by atoms with E-state index in [1.165, 1.54) is 0 Å². The Morgan fingerprint density at radius 2 is 1.93 bits per heavy atom. The van der Waals surface area contributed by atoms with Gasteiger partial charge in [-0.1, -0.05) is 30.3 Å². The molecule has 0 fully saturated rings. The van der Waals surface area contributed by atoms with Gasteiger partial charge in [-0.15, -0.1) is 0 Å². The standard InChI is InChI=1S/C12H17NO2/c1-9(2)15-12(13)11(8-14)10-6-4-3-5-7-10/h3-7,9,11,13-14H,8H2,1-2H3. The monoisotopic (exact) mass is 207 g/mol. The average Bonchev–Trinajstić information content (AvgIpc) is 2.19. The molecule has 1 aromatic rings. The van der Waals surface area contributed by atoms with Crippen molar-refractivity contribution in [2.24, 2.45) is 0 Å². The summed E-state index contributed by atoms with van der Waals surface area (Å²) in [6, 6.07) is 9.46. The van der Waals surface area contributed by atoms with E-state index in [1.807, 2.05) is 44.2 Å². The fourth-order valence-corrected chi connectivity index (χ4v) is 1.36. The number of aliphatic hydroxyl groups excluding tert-OH is 1. The van der Waals surface area contributed by atoms with Gasteiger partial charge in [0.2, 0.25) is 0 Å². The van der Waals surface area contributed by atoms with Crippen molar-refractivity contribution >= 4 is 5.90 Å². The van der Waals surface area contributed by atoms with E-state index in [1.54, 1.807) is 0 Å². The third kappa shape index (κ3) is 3.36. The Balaban J connectivity index is 2.76. The molecular formula is C12H17NO2. The molecule has 1 rings (SSSR count). The van der Waals surface area contributed by atoms with Gasteiger partial charge < -0.3 is 9.84 Å². The SMILES string of the molecule is CC(C)OC(=N)C(CO)c1ccccc1. The minimum Gasteiger partial charge on any atom is -0.478 e. The Morgan fingerprint density at radius 3 is 2.40 bits per heavy atom. The first kappa shape index (κ1) is 11.7. The summed E-state index contributed by atoms with van der Waals surface area (Å²) in [6.45, 7) is 3.64. The van der Waals surface area contributed by atoms with Crippen LogP contribution in [0.4, 0.5) is 0 Å². The maximum atomic E-state index is 9.24. The summed E-state index contributed by atoms with van der Waals surface area (Å²) in [6.07, 6.45) is -0.0322. The van der Waals surface area contributed by atoms with Gasteiger partial charge in [0, 0.05) is 0 Å². The van der Waals surface area contributed by atoms with Gasteiger partial charge in [-0.05, 0) is 19.4 Å². The van der Waals surface area contributed by atoms with E-state index in [2.05, 4.69) is 0 Å². The summed E-state index contributed by atoms with van der Waals surface area (Å²) < 4.78 is 5.28. The van der Waals surface area contributed by atoms with Crippen LogP contribution in [0.5, 0.6) is 0 Å². The summed E-state index contributed by atoms with van der Waals surface area (Å²) in [5.74, 6) is -0.229. The lowest BCUT2D eigenvalue weighted by molar-refractivity contribution is 0.199. The zero-order valence-corrected chi connectivity index (χ0v) is 9.10. The van der Waals surface area contributed by atoms with Crippen LogP contribution < -0.4 is 0 Å². The molecule has 1 aromatic carbocycles.